The highest BCUT2D eigenvalue weighted by molar-refractivity contribution is 5.47. The number of nitrogens with two attached hydrogens (primary N) is 1. The van der Waals surface area contributed by atoms with Gasteiger partial charge in [0.05, 0.1) is 0 Å². The molecule has 0 aliphatic carbocycles. The number of nitrogens with one attached hydrogen (secondary N) is 1. The van der Waals surface area contributed by atoms with Crippen molar-refractivity contribution in [2.45, 2.75) is 0 Å². The summed E-state index contributed by atoms with van der Waals surface area (Å²) >= 11 is 0. The Kier molecular flexibility index (Phi) is 2.63. The third kappa shape index (κ3) is 2.05. The van der Waals surface area contributed by atoms with Crippen LogP contribution in [0, 0.1) is 0 Å². The number of H-pyrrole nitrogens is 1. The standard InChI is InChI=1S/C8H10N2O/c9-5-1-3-7-4-2-6-10-8(7)11/h1-4,6H,5,9H2,(H,10,11). The number of rotatable bonds is 2. The summed E-state index contributed by atoms with van der Waals surface area (Å²) in [6.07, 6.45) is 5.05. The fourth-order valence-electron chi connectivity index (χ4n) is 0.761. The molecule has 1 aromatic heterocycles. The molecule has 0 spiro atoms. The van der Waals surface area contributed by atoms with Crippen LogP contribution < -0.4 is 11.3 Å². The van der Waals surface area contributed by atoms with Crippen LogP contribution in [-0.4, -0.2) is 11.5 Å². The van der Waals surface area contributed by atoms with Gasteiger partial charge in [0.2, 0.25) is 0 Å². The Hall–Kier alpha value is -1.35. The molecule has 0 aliphatic heterocycles. The van der Waals surface area contributed by atoms with Crippen molar-refractivity contribution in [1.82, 2.24) is 4.98 Å². The summed E-state index contributed by atoms with van der Waals surface area (Å²) in [7, 11) is 0. The number of aromatic amines is 1. The van der Waals surface area contributed by atoms with Crippen molar-refractivity contribution in [1.29, 1.82) is 0 Å². The summed E-state index contributed by atoms with van der Waals surface area (Å²) in [4.78, 5) is 13.5. The molecule has 0 amide bonds. The number of pyridine rings is 1. The lowest BCUT2D eigenvalue weighted by atomic mass is 10.2. The first-order valence-electron chi connectivity index (χ1n) is 3.39. The van der Waals surface area contributed by atoms with Crippen molar-refractivity contribution in [3.8, 4) is 0 Å². The van der Waals surface area contributed by atoms with E-state index >= 15 is 0 Å². The first-order chi connectivity index (χ1) is 5.34. The van der Waals surface area contributed by atoms with Gasteiger partial charge in [0, 0.05) is 18.3 Å². The third-order valence-electron chi connectivity index (χ3n) is 1.28. The van der Waals surface area contributed by atoms with Gasteiger partial charge in [-0.2, -0.15) is 0 Å². The van der Waals surface area contributed by atoms with Crippen LogP contribution >= 0.6 is 0 Å². The predicted octanol–water partition coefficient (Wildman–Crippen LogP) is 0.347. The highest BCUT2D eigenvalue weighted by atomic mass is 16.1. The number of aromatic nitrogens is 1. The molecule has 3 N–H and O–H groups in total. The van der Waals surface area contributed by atoms with Crippen LogP contribution in [-0.2, 0) is 0 Å². The van der Waals surface area contributed by atoms with E-state index in [1.165, 1.54) is 0 Å². The molecule has 0 fully saturated rings. The molecule has 0 radical (unpaired) electrons. The number of hydrogen-bond donors (Lipinski definition) is 2. The minimum atomic E-state index is -0.0859. The molecule has 0 unspecified atom stereocenters. The average Bonchev–Trinajstić information content (AvgIpc) is 2.03. The Labute approximate surface area is 64.6 Å². The summed E-state index contributed by atoms with van der Waals surface area (Å²) < 4.78 is 0. The van der Waals surface area contributed by atoms with E-state index in [0.29, 0.717) is 12.1 Å². The molecule has 0 saturated carbocycles. The second kappa shape index (κ2) is 3.73. The first-order valence-corrected chi connectivity index (χ1v) is 3.39. The maximum atomic E-state index is 11.0. The van der Waals surface area contributed by atoms with Gasteiger partial charge >= 0.3 is 0 Å². The molecule has 0 aliphatic rings. The lowest BCUT2D eigenvalue weighted by Gasteiger charge is -1.88. The lowest BCUT2D eigenvalue weighted by Crippen LogP contribution is -2.07. The van der Waals surface area contributed by atoms with Crippen LogP contribution in [0.3, 0.4) is 0 Å². The molecule has 11 heavy (non-hydrogen) atoms. The zero-order valence-electron chi connectivity index (χ0n) is 6.08. The molecule has 1 aromatic rings. The Morgan fingerprint density at radius 3 is 3.09 bits per heavy atom. The van der Waals surface area contributed by atoms with Gasteiger partial charge in [-0.25, -0.2) is 0 Å². The zero-order valence-corrected chi connectivity index (χ0v) is 6.08. The maximum Gasteiger partial charge on any atom is 0.255 e. The number of hydrogen-bond acceptors (Lipinski definition) is 2. The predicted molar refractivity (Wildman–Crippen MR) is 45.2 cm³/mol. The van der Waals surface area contributed by atoms with Gasteiger partial charge in [-0.3, -0.25) is 4.79 Å². The van der Waals surface area contributed by atoms with Crippen LogP contribution in [0.4, 0.5) is 0 Å². The molecular formula is C8H10N2O. The summed E-state index contributed by atoms with van der Waals surface area (Å²) in [6.45, 7) is 0.453. The molecule has 0 saturated heterocycles. The zero-order chi connectivity index (χ0) is 8.10. The second-order valence-corrected chi connectivity index (χ2v) is 2.09. The molecular weight excluding hydrogens is 140 g/mol. The van der Waals surface area contributed by atoms with Crippen molar-refractivity contribution >= 4 is 6.08 Å². The van der Waals surface area contributed by atoms with Crippen LogP contribution in [0.1, 0.15) is 5.56 Å². The Morgan fingerprint density at radius 1 is 1.64 bits per heavy atom. The molecule has 0 bridgehead atoms. The Morgan fingerprint density at radius 2 is 2.45 bits per heavy atom. The van der Waals surface area contributed by atoms with E-state index in [4.69, 9.17) is 5.73 Å². The van der Waals surface area contributed by atoms with Gasteiger partial charge in [0.15, 0.2) is 0 Å². The van der Waals surface area contributed by atoms with Crippen molar-refractivity contribution in [2.24, 2.45) is 5.73 Å². The first kappa shape index (κ1) is 7.75. The average molecular weight is 150 g/mol. The fraction of sp³-hybridized carbons (Fsp3) is 0.125. The van der Waals surface area contributed by atoms with Crippen LogP contribution in [0.25, 0.3) is 6.08 Å². The second-order valence-electron chi connectivity index (χ2n) is 2.09. The molecule has 1 rings (SSSR count). The molecule has 0 atom stereocenters. The summed E-state index contributed by atoms with van der Waals surface area (Å²) in [6, 6.07) is 3.52. The highest BCUT2D eigenvalue weighted by Crippen LogP contribution is 1.90. The van der Waals surface area contributed by atoms with Gasteiger partial charge in [-0.1, -0.05) is 12.2 Å². The molecule has 58 valence electrons. The van der Waals surface area contributed by atoms with E-state index in [1.807, 2.05) is 0 Å². The molecule has 0 aromatic carbocycles. The molecule has 3 heteroatoms. The fourth-order valence-corrected chi connectivity index (χ4v) is 0.761. The highest BCUT2D eigenvalue weighted by Gasteiger charge is 1.89. The maximum absolute atomic E-state index is 11.0. The summed E-state index contributed by atoms with van der Waals surface area (Å²) in [5.74, 6) is 0. The monoisotopic (exact) mass is 150 g/mol. The SMILES string of the molecule is NCC=Cc1ccc[nH]c1=O. The third-order valence-corrected chi connectivity index (χ3v) is 1.28. The molecule has 1 heterocycles. The van der Waals surface area contributed by atoms with Gasteiger partial charge in [0.1, 0.15) is 0 Å². The summed E-state index contributed by atoms with van der Waals surface area (Å²) in [5.41, 5.74) is 5.78. The van der Waals surface area contributed by atoms with Crippen molar-refractivity contribution in [3.63, 3.8) is 0 Å². The van der Waals surface area contributed by atoms with Crippen molar-refractivity contribution in [3.05, 3.63) is 40.3 Å². The quantitative estimate of drug-likeness (QED) is 0.639. The van der Waals surface area contributed by atoms with Gasteiger partial charge in [-0.15, -0.1) is 0 Å². The van der Waals surface area contributed by atoms with E-state index < -0.39 is 0 Å². The van der Waals surface area contributed by atoms with E-state index in [2.05, 4.69) is 4.98 Å². The smallest absolute Gasteiger partial charge is 0.255 e. The molecule has 3 nitrogen and oxygen atoms in total. The van der Waals surface area contributed by atoms with Crippen LogP contribution in [0.5, 0.6) is 0 Å². The topological polar surface area (TPSA) is 58.9 Å². The Balaban J connectivity index is 2.95. The van der Waals surface area contributed by atoms with E-state index in [0.717, 1.165) is 0 Å². The minimum absolute atomic E-state index is 0.0859. The normalized spacial score (nSPS) is 10.6. The van der Waals surface area contributed by atoms with Gasteiger partial charge in [-0.05, 0) is 12.1 Å². The van der Waals surface area contributed by atoms with E-state index in [1.54, 1.807) is 30.5 Å². The van der Waals surface area contributed by atoms with Crippen molar-refractivity contribution < 1.29 is 0 Å². The largest absolute Gasteiger partial charge is 0.329 e. The van der Waals surface area contributed by atoms with Gasteiger partial charge < -0.3 is 10.7 Å². The van der Waals surface area contributed by atoms with Crippen LogP contribution in [0.15, 0.2) is 29.2 Å². The van der Waals surface area contributed by atoms with E-state index in [9.17, 15) is 4.79 Å². The van der Waals surface area contributed by atoms with Crippen molar-refractivity contribution in [2.75, 3.05) is 6.54 Å². The minimum Gasteiger partial charge on any atom is -0.329 e. The Bertz CT molecular complexity index is 301. The lowest BCUT2D eigenvalue weighted by molar-refractivity contribution is 1.22. The van der Waals surface area contributed by atoms with E-state index in [-0.39, 0.29) is 5.56 Å². The summed E-state index contributed by atoms with van der Waals surface area (Å²) in [5, 5.41) is 0. The van der Waals surface area contributed by atoms with Gasteiger partial charge in [0.25, 0.3) is 5.56 Å². The van der Waals surface area contributed by atoms with Crippen LogP contribution in [0.2, 0.25) is 0 Å².